The van der Waals surface area contributed by atoms with Crippen LogP contribution >= 0.6 is 0 Å². The fraction of sp³-hybridized carbons (Fsp3) is 0.762. The number of primary amides is 1. The first-order chi connectivity index (χ1) is 15.9. The second-order valence-corrected chi connectivity index (χ2v) is 8.54. The molecule has 0 spiro atoms. The number of nitrogens with two attached hydrogens (primary N) is 4. The third kappa shape index (κ3) is 12.5. The second-order valence-electron chi connectivity index (χ2n) is 8.54. The zero-order chi connectivity index (χ0) is 26.3. The molecule has 4 unspecified atom stereocenters. The monoisotopic (exact) mass is 487 g/mol. The Hall–Kier alpha value is -2.77. The molecule has 196 valence electrons. The molecule has 12 N–H and O–H groups in total. The number of hydrogen-bond donors (Lipinski definition) is 8. The van der Waals surface area contributed by atoms with Gasteiger partial charge in [-0.15, -0.1) is 0 Å². The van der Waals surface area contributed by atoms with Crippen molar-refractivity contribution in [2.45, 2.75) is 83.0 Å². The molecule has 0 bridgehead atoms. The number of unbranched alkanes of at least 4 members (excludes halogenated alkanes) is 2. The molecule has 0 radical (unpaired) electrons. The van der Waals surface area contributed by atoms with E-state index in [1.807, 2.05) is 0 Å². The molecule has 0 aliphatic rings. The first-order valence-corrected chi connectivity index (χ1v) is 11.5. The van der Waals surface area contributed by atoms with E-state index in [1.165, 1.54) is 0 Å². The van der Waals surface area contributed by atoms with Crippen LogP contribution in [-0.4, -0.2) is 72.0 Å². The minimum Gasteiger partial charge on any atom is -0.480 e. The van der Waals surface area contributed by atoms with E-state index in [9.17, 15) is 29.1 Å². The molecule has 0 fully saturated rings. The molecular weight excluding hydrogens is 446 g/mol. The molecule has 0 aromatic heterocycles. The van der Waals surface area contributed by atoms with Crippen molar-refractivity contribution in [3.63, 3.8) is 0 Å². The van der Waals surface area contributed by atoms with E-state index in [0.29, 0.717) is 38.8 Å². The molecular formula is C21H41N7O6. The number of rotatable bonds is 18. The Kier molecular flexibility index (Phi) is 15.4. The Bertz CT molecular complexity index is 689. The van der Waals surface area contributed by atoms with Crippen LogP contribution in [0, 0.1) is 5.92 Å². The first-order valence-electron chi connectivity index (χ1n) is 11.5. The minimum atomic E-state index is -1.22. The number of carboxylic acid groups (broad SMARTS) is 1. The number of carbonyl (C=O) groups excluding carboxylic acids is 4. The van der Waals surface area contributed by atoms with Gasteiger partial charge in [-0.25, -0.2) is 4.79 Å². The highest BCUT2D eigenvalue weighted by Gasteiger charge is 2.31. The van der Waals surface area contributed by atoms with Crippen LogP contribution in [0.5, 0.6) is 0 Å². The Morgan fingerprint density at radius 3 is 1.71 bits per heavy atom. The van der Waals surface area contributed by atoms with Gasteiger partial charge >= 0.3 is 5.97 Å². The average Bonchev–Trinajstić information content (AvgIpc) is 2.74. The number of amides is 4. The van der Waals surface area contributed by atoms with Crippen LogP contribution in [-0.2, 0) is 24.0 Å². The average molecular weight is 488 g/mol. The normalized spacial score (nSPS) is 14.5. The van der Waals surface area contributed by atoms with Crippen LogP contribution in [0.1, 0.15) is 58.8 Å². The topological polar surface area (TPSA) is 246 Å². The standard InChI is InChI=1S/C21H41N7O6/c1-12(2)17(28-18(30)13(24)11-16(25)29)20(32)26-14(7-3-5-9-22)19(31)27-15(21(33)34)8-4-6-10-23/h12-15,17H,3-11,22-24H2,1-2H3,(H2,25,29)(H,26,32)(H,27,31)(H,28,30)(H,33,34). The van der Waals surface area contributed by atoms with Crippen LogP contribution in [0.4, 0.5) is 0 Å². The van der Waals surface area contributed by atoms with E-state index in [1.54, 1.807) is 13.8 Å². The van der Waals surface area contributed by atoms with E-state index in [-0.39, 0.29) is 25.2 Å². The molecule has 13 heteroatoms. The smallest absolute Gasteiger partial charge is 0.326 e. The second kappa shape index (κ2) is 16.8. The highest BCUT2D eigenvalue weighted by atomic mass is 16.4. The van der Waals surface area contributed by atoms with Crippen LogP contribution in [0.15, 0.2) is 0 Å². The van der Waals surface area contributed by atoms with Gasteiger partial charge in [-0.3, -0.25) is 19.2 Å². The molecule has 0 saturated heterocycles. The molecule has 34 heavy (non-hydrogen) atoms. The highest BCUT2D eigenvalue weighted by Crippen LogP contribution is 2.08. The number of hydrogen-bond acceptors (Lipinski definition) is 8. The van der Waals surface area contributed by atoms with Crippen LogP contribution in [0.25, 0.3) is 0 Å². The van der Waals surface area contributed by atoms with Crippen LogP contribution in [0.2, 0.25) is 0 Å². The van der Waals surface area contributed by atoms with Gasteiger partial charge in [0.15, 0.2) is 0 Å². The summed E-state index contributed by atoms with van der Waals surface area (Å²) in [6, 6.07) is -4.43. The van der Waals surface area contributed by atoms with Crippen molar-refractivity contribution >= 4 is 29.6 Å². The summed E-state index contributed by atoms with van der Waals surface area (Å²) in [5, 5.41) is 17.0. The lowest BCUT2D eigenvalue weighted by Crippen LogP contribution is -2.58. The number of carboxylic acids is 1. The van der Waals surface area contributed by atoms with E-state index < -0.39 is 53.8 Å². The molecule has 4 amide bonds. The number of aliphatic carboxylic acids is 1. The van der Waals surface area contributed by atoms with Crippen LogP contribution < -0.4 is 38.9 Å². The summed E-state index contributed by atoms with van der Waals surface area (Å²) in [7, 11) is 0. The lowest BCUT2D eigenvalue weighted by atomic mass is 10.0. The summed E-state index contributed by atoms with van der Waals surface area (Å²) >= 11 is 0. The van der Waals surface area contributed by atoms with Gasteiger partial charge in [0.1, 0.15) is 18.1 Å². The lowest BCUT2D eigenvalue weighted by Gasteiger charge is -2.27. The molecule has 0 heterocycles. The predicted octanol–water partition coefficient (Wildman–Crippen LogP) is -2.36. The summed E-state index contributed by atoms with van der Waals surface area (Å²) in [5.41, 5.74) is 21.7. The van der Waals surface area contributed by atoms with Gasteiger partial charge in [0.2, 0.25) is 23.6 Å². The van der Waals surface area contributed by atoms with Crippen molar-refractivity contribution in [2.24, 2.45) is 28.9 Å². The van der Waals surface area contributed by atoms with E-state index in [0.717, 1.165) is 0 Å². The quantitative estimate of drug-likeness (QED) is 0.0962. The van der Waals surface area contributed by atoms with Gasteiger partial charge in [-0.05, 0) is 57.5 Å². The van der Waals surface area contributed by atoms with Crippen molar-refractivity contribution in [1.82, 2.24) is 16.0 Å². The van der Waals surface area contributed by atoms with Crippen molar-refractivity contribution < 1.29 is 29.1 Å². The fourth-order valence-corrected chi connectivity index (χ4v) is 3.15. The van der Waals surface area contributed by atoms with Gasteiger partial charge < -0.3 is 44.0 Å². The van der Waals surface area contributed by atoms with Gasteiger partial charge in [0.25, 0.3) is 0 Å². The van der Waals surface area contributed by atoms with Gasteiger partial charge in [-0.2, -0.15) is 0 Å². The molecule has 4 atom stereocenters. The molecule has 13 nitrogen and oxygen atoms in total. The van der Waals surface area contributed by atoms with Crippen molar-refractivity contribution in [3.05, 3.63) is 0 Å². The van der Waals surface area contributed by atoms with Gasteiger partial charge in [0, 0.05) is 0 Å². The largest absolute Gasteiger partial charge is 0.480 e. The zero-order valence-corrected chi connectivity index (χ0v) is 20.0. The van der Waals surface area contributed by atoms with Crippen LogP contribution in [0.3, 0.4) is 0 Å². The molecule has 0 aromatic carbocycles. The Labute approximate surface area is 200 Å². The third-order valence-corrected chi connectivity index (χ3v) is 5.15. The third-order valence-electron chi connectivity index (χ3n) is 5.15. The number of nitrogens with one attached hydrogen (secondary N) is 3. The zero-order valence-electron chi connectivity index (χ0n) is 20.0. The summed E-state index contributed by atoms with van der Waals surface area (Å²) in [6.45, 7) is 4.17. The van der Waals surface area contributed by atoms with Crippen molar-refractivity contribution in [3.8, 4) is 0 Å². The summed E-state index contributed by atoms with van der Waals surface area (Å²) < 4.78 is 0. The van der Waals surface area contributed by atoms with Crippen molar-refractivity contribution in [2.75, 3.05) is 13.1 Å². The maximum absolute atomic E-state index is 12.9. The fourth-order valence-electron chi connectivity index (χ4n) is 3.15. The van der Waals surface area contributed by atoms with Gasteiger partial charge in [-0.1, -0.05) is 13.8 Å². The Balaban J connectivity index is 5.40. The van der Waals surface area contributed by atoms with Gasteiger partial charge in [0.05, 0.1) is 12.5 Å². The van der Waals surface area contributed by atoms with E-state index >= 15 is 0 Å². The molecule has 0 rings (SSSR count). The summed E-state index contributed by atoms with van der Waals surface area (Å²) in [5.74, 6) is -4.34. The van der Waals surface area contributed by atoms with Crippen molar-refractivity contribution in [1.29, 1.82) is 0 Å². The summed E-state index contributed by atoms with van der Waals surface area (Å²) in [6.07, 6.45) is 2.29. The molecule has 0 saturated carbocycles. The Morgan fingerprint density at radius 2 is 1.26 bits per heavy atom. The minimum absolute atomic E-state index is 0.199. The first kappa shape index (κ1) is 31.2. The SMILES string of the molecule is CC(C)C(NC(=O)C(N)CC(N)=O)C(=O)NC(CCCCN)C(=O)NC(CCCCN)C(=O)O. The van der Waals surface area contributed by atoms with E-state index in [4.69, 9.17) is 22.9 Å². The van der Waals surface area contributed by atoms with E-state index in [2.05, 4.69) is 16.0 Å². The molecule has 0 aliphatic carbocycles. The Morgan fingerprint density at radius 1 is 0.765 bits per heavy atom. The molecule has 0 aliphatic heterocycles. The predicted molar refractivity (Wildman–Crippen MR) is 126 cm³/mol. The maximum Gasteiger partial charge on any atom is 0.326 e. The molecule has 0 aromatic rings. The highest BCUT2D eigenvalue weighted by molar-refractivity contribution is 5.95. The summed E-state index contributed by atoms with van der Waals surface area (Å²) in [4.78, 5) is 60.7. The lowest BCUT2D eigenvalue weighted by molar-refractivity contribution is -0.142. The maximum atomic E-state index is 12.9. The number of carbonyl (C=O) groups is 5.